The highest BCUT2D eigenvalue weighted by atomic mass is 16.2. The molecule has 0 spiro atoms. The number of hydrogen-bond acceptors (Lipinski definition) is 1. The number of likely N-dealkylation sites (tertiary alicyclic amines) is 1. The van der Waals surface area contributed by atoms with E-state index in [1.54, 1.807) is 0 Å². The molecular formula is C14H25N2O. The molecule has 0 aromatic heterocycles. The summed E-state index contributed by atoms with van der Waals surface area (Å²) in [7, 11) is 0. The SMILES string of the molecule is O=C([N]C1CCCCCC1)N1CCCCCC1. The normalized spacial score (nSPS) is 23.9. The van der Waals surface area contributed by atoms with Crippen molar-refractivity contribution < 1.29 is 4.79 Å². The molecule has 2 rings (SSSR count). The molecule has 0 N–H and O–H groups in total. The highest BCUT2D eigenvalue weighted by Gasteiger charge is 2.21. The van der Waals surface area contributed by atoms with Crippen molar-refractivity contribution in [3.05, 3.63) is 0 Å². The summed E-state index contributed by atoms with van der Waals surface area (Å²) in [5.74, 6) is 0. The van der Waals surface area contributed by atoms with E-state index < -0.39 is 0 Å². The predicted octanol–water partition coefficient (Wildman–Crippen LogP) is 3.31. The molecule has 1 radical (unpaired) electrons. The Morgan fingerprint density at radius 1 is 0.824 bits per heavy atom. The fraction of sp³-hybridized carbons (Fsp3) is 0.929. The first-order valence-corrected chi connectivity index (χ1v) is 7.36. The minimum atomic E-state index is 0.0683. The highest BCUT2D eigenvalue weighted by Crippen LogP contribution is 2.18. The predicted molar refractivity (Wildman–Crippen MR) is 69.1 cm³/mol. The Balaban J connectivity index is 1.77. The van der Waals surface area contributed by atoms with Gasteiger partial charge in [0.05, 0.1) is 6.04 Å². The van der Waals surface area contributed by atoms with E-state index >= 15 is 0 Å². The Labute approximate surface area is 105 Å². The zero-order chi connectivity index (χ0) is 11.9. The zero-order valence-corrected chi connectivity index (χ0v) is 10.9. The van der Waals surface area contributed by atoms with Crippen LogP contribution in [0.15, 0.2) is 0 Å². The van der Waals surface area contributed by atoms with E-state index in [0.717, 1.165) is 38.8 Å². The van der Waals surface area contributed by atoms with Gasteiger partial charge in [-0.15, -0.1) is 0 Å². The lowest BCUT2D eigenvalue weighted by Crippen LogP contribution is -2.40. The van der Waals surface area contributed by atoms with E-state index in [2.05, 4.69) is 5.32 Å². The Morgan fingerprint density at radius 2 is 1.35 bits per heavy atom. The first-order chi connectivity index (χ1) is 8.36. The monoisotopic (exact) mass is 237 g/mol. The number of urea groups is 1. The van der Waals surface area contributed by atoms with E-state index in [1.165, 1.54) is 38.5 Å². The van der Waals surface area contributed by atoms with Crippen LogP contribution in [-0.4, -0.2) is 30.1 Å². The molecule has 0 atom stereocenters. The second-order valence-electron chi connectivity index (χ2n) is 5.46. The highest BCUT2D eigenvalue weighted by molar-refractivity contribution is 5.74. The molecule has 97 valence electrons. The van der Waals surface area contributed by atoms with Crippen molar-refractivity contribution in [2.24, 2.45) is 0 Å². The van der Waals surface area contributed by atoms with E-state index in [0.29, 0.717) is 6.04 Å². The van der Waals surface area contributed by atoms with Crippen molar-refractivity contribution >= 4 is 6.03 Å². The van der Waals surface area contributed by atoms with Gasteiger partial charge in [0, 0.05) is 13.1 Å². The molecule has 2 amide bonds. The summed E-state index contributed by atoms with van der Waals surface area (Å²) in [6.45, 7) is 1.85. The summed E-state index contributed by atoms with van der Waals surface area (Å²) >= 11 is 0. The first kappa shape index (κ1) is 12.7. The molecule has 0 bridgehead atoms. The molecule has 3 nitrogen and oxygen atoms in total. The molecular weight excluding hydrogens is 212 g/mol. The van der Waals surface area contributed by atoms with E-state index in [1.807, 2.05) is 4.90 Å². The Hall–Kier alpha value is -0.730. The van der Waals surface area contributed by atoms with Crippen molar-refractivity contribution in [3.8, 4) is 0 Å². The second-order valence-corrected chi connectivity index (χ2v) is 5.46. The van der Waals surface area contributed by atoms with Gasteiger partial charge in [0.1, 0.15) is 0 Å². The summed E-state index contributed by atoms with van der Waals surface area (Å²) in [6, 6.07) is 0.382. The van der Waals surface area contributed by atoms with E-state index in [9.17, 15) is 4.79 Å². The third kappa shape index (κ3) is 4.21. The van der Waals surface area contributed by atoms with Crippen molar-refractivity contribution in [1.82, 2.24) is 10.2 Å². The standard InChI is InChI=1S/C14H25N2O/c17-14(16-11-7-3-4-8-12-16)15-13-9-5-1-2-6-10-13/h13H,1-12H2. The molecule has 1 heterocycles. The minimum Gasteiger partial charge on any atom is -0.323 e. The largest absolute Gasteiger partial charge is 0.339 e. The molecule has 0 unspecified atom stereocenters. The number of amides is 2. The van der Waals surface area contributed by atoms with Crippen LogP contribution in [0.4, 0.5) is 4.79 Å². The lowest BCUT2D eigenvalue weighted by atomic mass is 10.1. The van der Waals surface area contributed by atoms with Crippen LogP contribution in [0.5, 0.6) is 0 Å². The topological polar surface area (TPSA) is 34.4 Å². The molecule has 3 heteroatoms. The average molecular weight is 237 g/mol. The molecule has 17 heavy (non-hydrogen) atoms. The smallest absolute Gasteiger partial charge is 0.323 e. The van der Waals surface area contributed by atoms with Crippen molar-refractivity contribution in [2.45, 2.75) is 70.3 Å². The first-order valence-electron chi connectivity index (χ1n) is 7.36. The fourth-order valence-corrected chi connectivity index (χ4v) is 2.89. The lowest BCUT2D eigenvalue weighted by molar-refractivity contribution is 0.193. The van der Waals surface area contributed by atoms with Crippen LogP contribution in [0.25, 0.3) is 0 Å². The molecule has 2 aliphatic rings. The van der Waals surface area contributed by atoms with Gasteiger partial charge in [0.25, 0.3) is 0 Å². The third-order valence-electron chi connectivity index (χ3n) is 3.99. The van der Waals surface area contributed by atoms with E-state index in [4.69, 9.17) is 0 Å². The quantitative estimate of drug-likeness (QED) is 0.644. The van der Waals surface area contributed by atoms with Crippen LogP contribution in [0.1, 0.15) is 64.2 Å². The van der Waals surface area contributed by atoms with E-state index in [-0.39, 0.29) is 6.03 Å². The van der Waals surface area contributed by atoms with Crippen LogP contribution < -0.4 is 5.32 Å². The van der Waals surface area contributed by atoms with Crippen molar-refractivity contribution in [1.29, 1.82) is 0 Å². The number of rotatable bonds is 1. The van der Waals surface area contributed by atoms with Gasteiger partial charge in [0.15, 0.2) is 0 Å². The lowest BCUT2D eigenvalue weighted by Gasteiger charge is -2.22. The number of hydrogen-bond donors (Lipinski definition) is 0. The van der Waals surface area contributed by atoms with Crippen LogP contribution in [0, 0.1) is 0 Å². The van der Waals surface area contributed by atoms with Gasteiger partial charge >= 0.3 is 6.03 Å². The van der Waals surface area contributed by atoms with Crippen LogP contribution in [-0.2, 0) is 0 Å². The molecule has 2 fully saturated rings. The third-order valence-corrected chi connectivity index (χ3v) is 3.99. The summed E-state index contributed by atoms with van der Waals surface area (Å²) < 4.78 is 0. The number of carbonyl (C=O) groups is 1. The van der Waals surface area contributed by atoms with Crippen LogP contribution in [0.3, 0.4) is 0 Å². The Bertz CT molecular complexity index is 226. The van der Waals surface area contributed by atoms with Crippen molar-refractivity contribution in [3.63, 3.8) is 0 Å². The van der Waals surface area contributed by atoms with Gasteiger partial charge in [-0.3, -0.25) is 0 Å². The number of carbonyl (C=O) groups excluding carboxylic acids is 1. The molecule has 1 saturated heterocycles. The van der Waals surface area contributed by atoms with Gasteiger partial charge in [-0.1, -0.05) is 38.5 Å². The van der Waals surface area contributed by atoms with Crippen molar-refractivity contribution in [2.75, 3.05) is 13.1 Å². The molecule has 1 saturated carbocycles. The van der Waals surface area contributed by atoms with Crippen LogP contribution in [0.2, 0.25) is 0 Å². The minimum absolute atomic E-state index is 0.0683. The molecule has 0 aromatic rings. The molecule has 0 aromatic carbocycles. The summed E-state index contributed by atoms with van der Waals surface area (Å²) in [5, 5.41) is 4.45. The maximum atomic E-state index is 12.1. The zero-order valence-electron chi connectivity index (χ0n) is 10.9. The summed E-state index contributed by atoms with van der Waals surface area (Å²) in [5.41, 5.74) is 0. The Morgan fingerprint density at radius 3 is 1.94 bits per heavy atom. The summed E-state index contributed by atoms with van der Waals surface area (Å²) in [4.78, 5) is 14.1. The molecule has 1 aliphatic heterocycles. The average Bonchev–Trinajstić information content (AvgIpc) is 2.72. The molecule has 1 aliphatic carbocycles. The summed E-state index contributed by atoms with van der Waals surface area (Å²) in [6.07, 6.45) is 12.3. The van der Waals surface area contributed by atoms with Gasteiger partial charge < -0.3 is 4.90 Å². The van der Waals surface area contributed by atoms with Gasteiger partial charge in [-0.05, 0) is 25.7 Å². The van der Waals surface area contributed by atoms with Gasteiger partial charge in [-0.25, -0.2) is 10.1 Å². The van der Waals surface area contributed by atoms with Gasteiger partial charge in [-0.2, -0.15) is 0 Å². The second kappa shape index (κ2) is 6.87. The van der Waals surface area contributed by atoms with Gasteiger partial charge in [0.2, 0.25) is 0 Å². The maximum absolute atomic E-state index is 12.1. The number of nitrogens with zero attached hydrogens (tertiary/aromatic N) is 2. The maximum Gasteiger partial charge on any atom is 0.339 e. The fourth-order valence-electron chi connectivity index (χ4n) is 2.89. The van der Waals surface area contributed by atoms with Crippen LogP contribution >= 0.6 is 0 Å². The Kier molecular flexibility index (Phi) is 5.14.